The molecule has 1 unspecified atom stereocenters. The van der Waals surface area contributed by atoms with Gasteiger partial charge in [0.25, 0.3) is 0 Å². The minimum absolute atomic E-state index is 0.0217. The zero-order valence-electron chi connectivity index (χ0n) is 9.40. The zero-order valence-corrected chi connectivity index (χ0v) is 11.0. The summed E-state index contributed by atoms with van der Waals surface area (Å²) in [6, 6.07) is 5.46. The van der Waals surface area contributed by atoms with E-state index < -0.39 is 0 Å². The Kier molecular flexibility index (Phi) is 2.89. The lowest BCUT2D eigenvalue weighted by atomic mass is 10.1. The number of aromatic amines is 1. The smallest absolute Gasteiger partial charge is 0.246 e. The second kappa shape index (κ2) is 4.55. The Bertz CT molecular complexity index is 582. The first-order valence-corrected chi connectivity index (χ1v) is 6.35. The molecule has 0 radical (unpaired) electrons. The van der Waals surface area contributed by atoms with Crippen LogP contribution < -0.4 is 10.6 Å². The van der Waals surface area contributed by atoms with Crippen molar-refractivity contribution < 1.29 is 4.79 Å². The molecule has 1 aromatic heterocycles. The fourth-order valence-electron chi connectivity index (χ4n) is 2.03. The standard InChI is InChI=1S/C12H11BrN4O/c13-8-1-2-10-9(3-8)11(12(18)17-10)14-4-7-5-15-16-6-7/h1-3,5-6,11,14H,4H2,(H,15,16)(H,17,18). The van der Waals surface area contributed by atoms with Crippen molar-refractivity contribution in [3.05, 3.63) is 46.2 Å². The van der Waals surface area contributed by atoms with Crippen LogP contribution >= 0.6 is 15.9 Å². The van der Waals surface area contributed by atoms with Crippen LogP contribution in [0, 0.1) is 0 Å². The molecular formula is C12H11BrN4O. The Labute approximate surface area is 112 Å². The summed E-state index contributed by atoms with van der Waals surface area (Å²) in [5.74, 6) is -0.0217. The predicted molar refractivity (Wildman–Crippen MR) is 70.9 cm³/mol. The first-order valence-electron chi connectivity index (χ1n) is 5.55. The van der Waals surface area contributed by atoms with Crippen molar-refractivity contribution in [2.45, 2.75) is 12.6 Å². The average Bonchev–Trinajstić information content (AvgIpc) is 2.94. The fraction of sp³-hybridized carbons (Fsp3) is 0.167. The monoisotopic (exact) mass is 306 g/mol. The number of hydrogen-bond donors (Lipinski definition) is 3. The van der Waals surface area contributed by atoms with E-state index in [0.29, 0.717) is 6.54 Å². The summed E-state index contributed by atoms with van der Waals surface area (Å²) >= 11 is 3.42. The number of nitrogens with zero attached hydrogens (tertiary/aromatic N) is 1. The van der Waals surface area contributed by atoms with E-state index in [1.807, 2.05) is 24.4 Å². The molecule has 5 nitrogen and oxygen atoms in total. The molecule has 3 N–H and O–H groups in total. The van der Waals surface area contributed by atoms with Crippen LogP contribution in [0.5, 0.6) is 0 Å². The number of H-pyrrole nitrogens is 1. The van der Waals surface area contributed by atoms with Crippen molar-refractivity contribution in [3.63, 3.8) is 0 Å². The second-order valence-electron chi connectivity index (χ2n) is 4.14. The van der Waals surface area contributed by atoms with E-state index >= 15 is 0 Å². The number of amides is 1. The van der Waals surface area contributed by atoms with Gasteiger partial charge in [0.2, 0.25) is 5.91 Å². The van der Waals surface area contributed by atoms with Crippen LogP contribution in [-0.2, 0) is 11.3 Å². The Balaban J connectivity index is 1.80. The fourth-order valence-corrected chi connectivity index (χ4v) is 2.41. The molecule has 0 bridgehead atoms. The van der Waals surface area contributed by atoms with E-state index in [9.17, 15) is 4.79 Å². The molecule has 3 rings (SSSR count). The second-order valence-corrected chi connectivity index (χ2v) is 5.06. The molecule has 92 valence electrons. The van der Waals surface area contributed by atoms with Gasteiger partial charge in [-0.2, -0.15) is 5.10 Å². The summed E-state index contributed by atoms with van der Waals surface area (Å²) < 4.78 is 0.966. The lowest BCUT2D eigenvalue weighted by molar-refractivity contribution is -0.117. The maximum absolute atomic E-state index is 11.9. The highest BCUT2D eigenvalue weighted by Gasteiger charge is 2.30. The third-order valence-electron chi connectivity index (χ3n) is 2.91. The average molecular weight is 307 g/mol. The van der Waals surface area contributed by atoms with Gasteiger partial charge < -0.3 is 5.32 Å². The number of fused-ring (bicyclic) bond motifs is 1. The van der Waals surface area contributed by atoms with Gasteiger partial charge in [-0.15, -0.1) is 0 Å². The Morgan fingerprint density at radius 3 is 3.11 bits per heavy atom. The van der Waals surface area contributed by atoms with Gasteiger partial charge in [-0.25, -0.2) is 0 Å². The molecule has 1 aliphatic heterocycles. The number of hydrogen-bond acceptors (Lipinski definition) is 3. The lowest BCUT2D eigenvalue weighted by Crippen LogP contribution is -2.26. The van der Waals surface area contributed by atoms with E-state index in [2.05, 4.69) is 36.8 Å². The molecule has 2 aromatic rings. The van der Waals surface area contributed by atoms with Gasteiger partial charge in [0.15, 0.2) is 0 Å². The Morgan fingerprint density at radius 2 is 2.33 bits per heavy atom. The molecule has 0 saturated heterocycles. The van der Waals surface area contributed by atoms with Crippen LogP contribution in [0.25, 0.3) is 0 Å². The SMILES string of the molecule is O=C1Nc2ccc(Br)cc2C1NCc1cn[nH]c1. The summed E-state index contributed by atoms with van der Waals surface area (Å²) in [4.78, 5) is 11.9. The summed E-state index contributed by atoms with van der Waals surface area (Å²) in [5, 5.41) is 12.7. The van der Waals surface area contributed by atoms with Crippen LogP contribution in [0.3, 0.4) is 0 Å². The molecule has 6 heteroatoms. The molecule has 0 fully saturated rings. The normalized spacial score (nSPS) is 17.6. The molecule has 1 amide bonds. The van der Waals surface area contributed by atoms with Crippen molar-refractivity contribution in [1.29, 1.82) is 0 Å². The predicted octanol–water partition coefficient (Wildman–Crippen LogP) is 1.96. The quantitative estimate of drug-likeness (QED) is 0.812. The number of carbonyl (C=O) groups is 1. The number of anilines is 1. The third-order valence-corrected chi connectivity index (χ3v) is 3.40. The van der Waals surface area contributed by atoms with Crippen LogP contribution in [0.2, 0.25) is 0 Å². The molecule has 0 saturated carbocycles. The Hall–Kier alpha value is -1.66. The number of carbonyl (C=O) groups excluding carboxylic acids is 1. The number of nitrogens with one attached hydrogen (secondary N) is 3. The van der Waals surface area contributed by atoms with E-state index in [1.165, 1.54) is 0 Å². The van der Waals surface area contributed by atoms with Gasteiger partial charge >= 0.3 is 0 Å². The van der Waals surface area contributed by atoms with Gasteiger partial charge in [0, 0.05) is 34.0 Å². The maximum atomic E-state index is 11.9. The van der Waals surface area contributed by atoms with Crippen LogP contribution in [0.1, 0.15) is 17.2 Å². The molecule has 0 aliphatic carbocycles. The van der Waals surface area contributed by atoms with Crippen molar-refractivity contribution in [1.82, 2.24) is 15.5 Å². The number of benzene rings is 1. The molecular weight excluding hydrogens is 296 g/mol. The summed E-state index contributed by atoms with van der Waals surface area (Å²) in [6.45, 7) is 0.598. The number of halogens is 1. The van der Waals surface area contributed by atoms with Gasteiger partial charge in [-0.3, -0.25) is 15.2 Å². The number of aromatic nitrogens is 2. The van der Waals surface area contributed by atoms with E-state index in [1.54, 1.807) is 6.20 Å². The highest BCUT2D eigenvalue weighted by atomic mass is 79.9. The first kappa shape index (κ1) is 11.4. The molecule has 1 aliphatic rings. The minimum Gasteiger partial charge on any atom is -0.324 e. The number of rotatable bonds is 3. The topological polar surface area (TPSA) is 69.8 Å². The third kappa shape index (κ3) is 2.04. The minimum atomic E-state index is -0.313. The largest absolute Gasteiger partial charge is 0.324 e. The van der Waals surface area contributed by atoms with Crippen LogP contribution in [-0.4, -0.2) is 16.1 Å². The van der Waals surface area contributed by atoms with Crippen molar-refractivity contribution >= 4 is 27.5 Å². The molecule has 1 atom stereocenters. The maximum Gasteiger partial charge on any atom is 0.246 e. The molecule has 18 heavy (non-hydrogen) atoms. The molecule has 0 spiro atoms. The van der Waals surface area contributed by atoms with Crippen molar-refractivity contribution in [2.75, 3.05) is 5.32 Å². The zero-order chi connectivity index (χ0) is 12.5. The van der Waals surface area contributed by atoms with Crippen LogP contribution in [0.15, 0.2) is 35.1 Å². The highest BCUT2D eigenvalue weighted by molar-refractivity contribution is 9.10. The Morgan fingerprint density at radius 1 is 1.44 bits per heavy atom. The molecule has 1 aromatic carbocycles. The van der Waals surface area contributed by atoms with Gasteiger partial charge in [0.1, 0.15) is 6.04 Å². The van der Waals surface area contributed by atoms with E-state index in [4.69, 9.17) is 0 Å². The molecule has 2 heterocycles. The van der Waals surface area contributed by atoms with E-state index in [0.717, 1.165) is 21.3 Å². The summed E-state index contributed by atoms with van der Waals surface area (Å²) in [6.07, 6.45) is 3.54. The summed E-state index contributed by atoms with van der Waals surface area (Å²) in [5.41, 5.74) is 2.86. The van der Waals surface area contributed by atoms with Gasteiger partial charge in [-0.1, -0.05) is 15.9 Å². The highest BCUT2D eigenvalue weighted by Crippen LogP contribution is 2.33. The van der Waals surface area contributed by atoms with Gasteiger partial charge in [-0.05, 0) is 18.2 Å². The van der Waals surface area contributed by atoms with E-state index in [-0.39, 0.29) is 11.9 Å². The van der Waals surface area contributed by atoms with Crippen molar-refractivity contribution in [3.8, 4) is 0 Å². The lowest BCUT2D eigenvalue weighted by Gasteiger charge is -2.10. The summed E-state index contributed by atoms with van der Waals surface area (Å²) in [7, 11) is 0. The van der Waals surface area contributed by atoms with Gasteiger partial charge in [0.05, 0.1) is 6.20 Å². The van der Waals surface area contributed by atoms with Crippen LogP contribution in [0.4, 0.5) is 5.69 Å². The van der Waals surface area contributed by atoms with Crippen molar-refractivity contribution in [2.24, 2.45) is 0 Å². The first-order chi connectivity index (χ1) is 8.74.